The Morgan fingerprint density at radius 1 is 1.44 bits per heavy atom. The van der Waals surface area contributed by atoms with Crippen LogP contribution in [0.15, 0.2) is 18.2 Å². The summed E-state index contributed by atoms with van der Waals surface area (Å²) in [6, 6.07) is 4.57. The number of carbonyl (C=O) groups is 1. The van der Waals surface area contributed by atoms with E-state index in [0.29, 0.717) is 23.8 Å². The molecule has 1 amide bonds. The predicted molar refractivity (Wildman–Crippen MR) is 69.1 cm³/mol. The smallest absolute Gasteiger partial charge is 0.257 e. The molecule has 1 aromatic rings. The first-order valence-corrected chi connectivity index (χ1v) is 6.14. The van der Waals surface area contributed by atoms with Crippen molar-refractivity contribution in [2.24, 2.45) is 5.92 Å². The third-order valence-corrected chi connectivity index (χ3v) is 2.56. The number of benzene rings is 1. The highest BCUT2D eigenvalue weighted by Crippen LogP contribution is 2.15. The molecule has 18 heavy (non-hydrogen) atoms. The number of hydrogen-bond donors (Lipinski definition) is 1. The topological polar surface area (TPSA) is 38.3 Å². The summed E-state index contributed by atoms with van der Waals surface area (Å²) in [5.74, 6) is 0.416. The van der Waals surface area contributed by atoms with Crippen molar-refractivity contribution in [3.63, 3.8) is 0 Å². The monoisotopic (exact) mass is 253 g/mol. The Labute approximate surface area is 107 Å². The van der Waals surface area contributed by atoms with E-state index in [1.807, 2.05) is 0 Å². The zero-order valence-corrected chi connectivity index (χ0v) is 11.1. The van der Waals surface area contributed by atoms with Gasteiger partial charge in [-0.3, -0.25) is 4.79 Å². The Morgan fingerprint density at radius 3 is 2.78 bits per heavy atom. The first kappa shape index (κ1) is 14.5. The standard InChI is InChI=1S/C14H20FNO2/c1-10(2)6-7-16-14(17)9-18-12-5-4-11(3)13(15)8-12/h4-5,8,10H,6-7,9H2,1-3H3,(H,16,17). The number of carbonyl (C=O) groups excluding carboxylic acids is 1. The predicted octanol–water partition coefficient (Wildman–Crippen LogP) is 2.68. The van der Waals surface area contributed by atoms with Crippen molar-refractivity contribution < 1.29 is 13.9 Å². The van der Waals surface area contributed by atoms with Crippen LogP contribution in [0.25, 0.3) is 0 Å². The van der Waals surface area contributed by atoms with E-state index in [1.165, 1.54) is 6.07 Å². The van der Waals surface area contributed by atoms with Gasteiger partial charge in [0.15, 0.2) is 6.61 Å². The molecule has 1 aromatic carbocycles. The fraction of sp³-hybridized carbons (Fsp3) is 0.500. The highest BCUT2D eigenvalue weighted by Gasteiger charge is 2.04. The van der Waals surface area contributed by atoms with Crippen molar-refractivity contribution in [2.45, 2.75) is 27.2 Å². The minimum atomic E-state index is -0.326. The van der Waals surface area contributed by atoms with Crippen molar-refractivity contribution in [2.75, 3.05) is 13.2 Å². The Hall–Kier alpha value is -1.58. The Morgan fingerprint density at radius 2 is 2.17 bits per heavy atom. The number of halogens is 1. The lowest BCUT2D eigenvalue weighted by molar-refractivity contribution is -0.123. The van der Waals surface area contributed by atoms with E-state index in [9.17, 15) is 9.18 Å². The van der Waals surface area contributed by atoms with Gasteiger partial charge in [-0.05, 0) is 30.9 Å². The molecule has 0 spiro atoms. The number of nitrogens with one attached hydrogen (secondary N) is 1. The van der Waals surface area contributed by atoms with E-state index in [-0.39, 0.29) is 18.3 Å². The Balaban J connectivity index is 2.31. The van der Waals surface area contributed by atoms with Gasteiger partial charge in [-0.15, -0.1) is 0 Å². The van der Waals surface area contributed by atoms with Gasteiger partial charge in [0.25, 0.3) is 5.91 Å². The van der Waals surface area contributed by atoms with Gasteiger partial charge in [0.2, 0.25) is 0 Å². The van der Waals surface area contributed by atoms with Crippen LogP contribution in [0.5, 0.6) is 5.75 Å². The van der Waals surface area contributed by atoms with E-state index < -0.39 is 0 Å². The average molecular weight is 253 g/mol. The summed E-state index contributed by atoms with van der Waals surface area (Å²) in [6.07, 6.45) is 0.935. The van der Waals surface area contributed by atoms with Gasteiger partial charge in [0, 0.05) is 12.6 Å². The molecule has 0 aliphatic rings. The van der Waals surface area contributed by atoms with Gasteiger partial charge in [-0.1, -0.05) is 19.9 Å². The first-order chi connectivity index (χ1) is 8.49. The molecule has 0 aliphatic carbocycles. The van der Waals surface area contributed by atoms with Gasteiger partial charge in [0.05, 0.1) is 0 Å². The van der Waals surface area contributed by atoms with Crippen molar-refractivity contribution in [3.05, 3.63) is 29.6 Å². The van der Waals surface area contributed by atoms with Crippen LogP contribution in [0.4, 0.5) is 4.39 Å². The van der Waals surface area contributed by atoms with Crippen molar-refractivity contribution >= 4 is 5.91 Å². The number of rotatable bonds is 6. The normalized spacial score (nSPS) is 10.5. The highest BCUT2D eigenvalue weighted by molar-refractivity contribution is 5.77. The summed E-state index contributed by atoms with van der Waals surface area (Å²) < 4.78 is 18.4. The summed E-state index contributed by atoms with van der Waals surface area (Å²) >= 11 is 0. The van der Waals surface area contributed by atoms with Gasteiger partial charge in [0.1, 0.15) is 11.6 Å². The maximum absolute atomic E-state index is 13.2. The maximum atomic E-state index is 13.2. The fourth-order valence-electron chi connectivity index (χ4n) is 1.36. The van der Waals surface area contributed by atoms with Gasteiger partial charge in [-0.25, -0.2) is 4.39 Å². The maximum Gasteiger partial charge on any atom is 0.257 e. The molecule has 0 heterocycles. The van der Waals surface area contributed by atoms with E-state index in [4.69, 9.17) is 4.74 Å². The van der Waals surface area contributed by atoms with Gasteiger partial charge >= 0.3 is 0 Å². The van der Waals surface area contributed by atoms with Crippen LogP contribution in [-0.2, 0) is 4.79 Å². The van der Waals surface area contributed by atoms with E-state index >= 15 is 0 Å². The van der Waals surface area contributed by atoms with Crippen LogP contribution in [0, 0.1) is 18.7 Å². The molecular weight excluding hydrogens is 233 g/mol. The summed E-state index contributed by atoms with van der Waals surface area (Å²) in [5.41, 5.74) is 0.559. The van der Waals surface area contributed by atoms with E-state index in [0.717, 1.165) is 6.42 Å². The molecule has 0 bridgehead atoms. The second-order valence-corrected chi connectivity index (χ2v) is 4.73. The molecule has 1 rings (SSSR count). The lowest BCUT2D eigenvalue weighted by Crippen LogP contribution is -2.30. The van der Waals surface area contributed by atoms with Crippen LogP contribution < -0.4 is 10.1 Å². The average Bonchev–Trinajstić information content (AvgIpc) is 2.30. The third kappa shape index (κ3) is 5.17. The quantitative estimate of drug-likeness (QED) is 0.846. The molecular formula is C14H20FNO2. The Kier molecular flexibility index (Phi) is 5.62. The van der Waals surface area contributed by atoms with Crippen molar-refractivity contribution in [1.29, 1.82) is 0 Å². The van der Waals surface area contributed by atoms with Crippen molar-refractivity contribution in [3.8, 4) is 5.75 Å². The zero-order valence-electron chi connectivity index (χ0n) is 11.1. The molecule has 0 fully saturated rings. The SMILES string of the molecule is Cc1ccc(OCC(=O)NCCC(C)C)cc1F. The molecule has 3 nitrogen and oxygen atoms in total. The van der Waals surface area contributed by atoms with Crippen LogP contribution >= 0.6 is 0 Å². The van der Waals surface area contributed by atoms with Crippen LogP contribution in [0.3, 0.4) is 0 Å². The van der Waals surface area contributed by atoms with Gasteiger partial charge < -0.3 is 10.1 Å². The lowest BCUT2D eigenvalue weighted by Gasteiger charge is -2.09. The molecule has 0 aromatic heterocycles. The minimum absolute atomic E-state index is 0.0827. The highest BCUT2D eigenvalue weighted by atomic mass is 19.1. The summed E-state index contributed by atoms with van der Waals surface area (Å²) in [6.45, 7) is 6.43. The van der Waals surface area contributed by atoms with Crippen LogP contribution in [0.2, 0.25) is 0 Å². The zero-order chi connectivity index (χ0) is 13.5. The minimum Gasteiger partial charge on any atom is -0.484 e. The largest absolute Gasteiger partial charge is 0.484 e. The number of amides is 1. The molecule has 0 saturated carbocycles. The second kappa shape index (κ2) is 6.99. The molecule has 0 atom stereocenters. The van der Waals surface area contributed by atoms with E-state index in [1.54, 1.807) is 19.1 Å². The summed E-state index contributed by atoms with van der Waals surface area (Å²) in [4.78, 5) is 11.4. The molecule has 0 radical (unpaired) electrons. The molecule has 0 saturated heterocycles. The number of hydrogen-bond acceptors (Lipinski definition) is 2. The van der Waals surface area contributed by atoms with Gasteiger partial charge in [-0.2, -0.15) is 0 Å². The Bertz CT molecular complexity index is 405. The summed E-state index contributed by atoms with van der Waals surface area (Å²) in [5, 5.41) is 2.75. The number of ether oxygens (including phenoxy) is 1. The number of aryl methyl sites for hydroxylation is 1. The van der Waals surface area contributed by atoms with Crippen molar-refractivity contribution in [1.82, 2.24) is 5.32 Å². The third-order valence-electron chi connectivity index (χ3n) is 2.56. The fourth-order valence-corrected chi connectivity index (χ4v) is 1.36. The first-order valence-electron chi connectivity index (χ1n) is 6.14. The second-order valence-electron chi connectivity index (χ2n) is 4.73. The summed E-state index contributed by atoms with van der Waals surface area (Å²) in [7, 11) is 0. The van der Waals surface area contributed by atoms with E-state index in [2.05, 4.69) is 19.2 Å². The molecule has 0 unspecified atom stereocenters. The lowest BCUT2D eigenvalue weighted by atomic mass is 10.1. The van der Waals surface area contributed by atoms with Crippen LogP contribution in [0.1, 0.15) is 25.8 Å². The molecule has 0 aliphatic heterocycles. The van der Waals surface area contributed by atoms with Crippen LogP contribution in [-0.4, -0.2) is 19.1 Å². The molecule has 1 N–H and O–H groups in total. The molecule has 4 heteroatoms. The molecule has 100 valence electrons.